The molecule has 0 aliphatic heterocycles. The normalized spacial score (nSPS) is 11.7. The third kappa shape index (κ3) is 8.06. The molecule has 0 saturated heterocycles. The molecule has 0 aliphatic carbocycles. The van der Waals surface area contributed by atoms with Crippen molar-refractivity contribution in [1.29, 1.82) is 0 Å². The number of carbonyl (C=O) groups excluding carboxylic acids is 2. The van der Waals surface area contributed by atoms with Crippen molar-refractivity contribution in [1.82, 2.24) is 10.2 Å². The van der Waals surface area contributed by atoms with Crippen LogP contribution in [-0.4, -0.2) is 35.1 Å². The molecule has 0 aliphatic rings. The summed E-state index contributed by atoms with van der Waals surface area (Å²) in [6.45, 7) is 2.52. The molecule has 0 unspecified atom stereocenters. The number of thioether (sulfide) groups is 1. The molecule has 1 atom stereocenters. The molecule has 4 nitrogen and oxygen atoms in total. The number of halogens is 4. The highest BCUT2D eigenvalue weighted by atomic mass is 35.5. The highest BCUT2D eigenvalue weighted by molar-refractivity contribution is 7.99. The first kappa shape index (κ1) is 28.7. The van der Waals surface area contributed by atoms with Crippen molar-refractivity contribution in [2.45, 2.75) is 31.7 Å². The van der Waals surface area contributed by atoms with Crippen LogP contribution in [-0.2, 0) is 28.3 Å². The third-order valence-corrected chi connectivity index (χ3v) is 7.88. The first-order chi connectivity index (χ1) is 17.3. The van der Waals surface area contributed by atoms with E-state index < -0.39 is 6.04 Å². The largest absolute Gasteiger partial charge is 0.355 e. The number of amides is 2. The van der Waals surface area contributed by atoms with Crippen LogP contribution >= 0.6 is 58.2 Å². The van der Waals surface area contributed by atoms with Crippen molar-refractivity contribution >= 4 is 70.0 Å². The maximum Gasteiger partial charge on any atom is 0.243 e. The second kappa shape index (κ2) is 14.2. The van der Waals surface area contributed by atoms with E-state index in [1.807, 2.05) is 43.3 Å². The zero-order chi connectivity index (χ0) is 26.1. The van der Waals surface area contributed by atoms with Crippen LogP contribution in [0.1, 0.15) is 23.6 Å². The van der Waals surface area contributed by atoms with Crippen LogP contribution < -0.4 is 5.32 Å². The van der Waals surface area contributed by atoms with Gasteiger partial charge in [0, 0.05) is 35.3 Å². The maximum absolute atomic E-state index is 13.6. The van der Waals surface area contributed by atoms with Gasteiger partial charge in [0.1, 0.15) is 6.04 Å². The summed E-state index contributed by atoms with van der Waals surface area (Å²) in [6, 6.07) is 19.5. The standard InChI is InChI=1S/C27H26Cl4N2O2S/c1-2-32-27(35)25(14-18-7-4-3-5-8-18)33(15-19-11-12-23(30)24(31)13-19)26(34)17-36-16-20-21(28)9-6-10-22(20)29/h3-13,25H,2,14-17H2,1H3,(H,32,35)/t25-/m0/s1. The number of carbonyl (C=O) groups is 2. The number of hydrogen-bond acceptors (Lipinski definition) is 3. The Morgan fingerprint density at radius 3 is 2.19 bits per heavy atom. The highest BCUT2D eigenvalue weighted by Crippen LogP contribution is 2.29. The lowest BCUT2D eigenvalue weighted by atomic mass is 10.0. The molecule has 2 amide bonds. The van der Waals surface area contributed by atoms with Crippen LogP contribution in [0.3, 0.4) is 0 Å². The first-order valence-corrected chi connectivity index (χ1v) is 14.0. The molecule has 0 saturated carbocycles. The highest BCUT2D eigenvalue weighted by Gasteiger charge is 2.30. The number of hydrogen-bond donors (Lipinski definition) is 1. The van der Waals surface area contributed by atoms with Crippen LogP contribution in [0.15, 0.2) is 66.7 Å². The fourth-order valence-electron chi connectivity index (χ4n) is 3.67. The molecule has 0 aromatic heterocycles. The second-order valence-electron chi connectivity index (χ2n) is 8.06. The molecular weight excluding hydrogens is 558 g/mol. The monoisotopic (exact) mass is 582 g/mol. The topological polar surface area (TPSA) is 49.4 Å². The van der Waals surface area contributed by atoms with Crippen molar-refractivity contribution in [2.24, 2.45) is 0 Å². The fourth-order valence-corrected chi connectivity index (χ4v) is 5.64. The van der Waals surface area contributed by atoms with E-state index in [1.165, 1.54) is 11.8 Å². The van der Waals surface area contributed by atoms with Crippen molar-refractivity contribution in [2.75, 3.05) is 12.3 Å². The number of nitrogens with zero attached hydrogens (tertiary/aromatic N) is 1. The Morgan fingerprint density at radius 1 is 0.861 bits per heavy atom. The van der Waals surface area contributed by atoms with Crippen LogP contribution in [0.25, 0.3) is 0 Å². The molecule has 9 heteroatoms. The van der Waals surface area contributed by atoms with Gasteiger partial charge in [-0.2, -0.15) is 0 Å². The van der Waals surface area contributed by atoms with Gasteiger partial charge >= 0.3 is 0 Å². The number of likely N-dealkylation sites (N-methyl/N-ethyl adjacent to an activating group) is 1. The average Bonchev–Trinajstić information content (AvgIpc) is 2.86. The van der Waals surface area contributed by atoms with Crippen LogP contribution in [0, 0.1) is 0 Å². The van der Waals surface area contributed by atoms with E-state index in [0.29, 0.717) is 38.8 Å². The summed E-state index contributed by atoms with van der Waals surface area (Å²) in [5.74, 6) is 0.221. The molecule has 36 heavy (non-hydrogen) atoms. The number of rotatable bonds is 11. The Kier molecular flexibility index (Phi) is 11.3. The van der Waals surface area contributed by atoms with Gasteiger partial charge in [0.15, 0.2) is 0 Å². The summed E-state index contributed by atoms with van der Waals surface area (Å²) in [6.07, 6.45) is 0.376. The Balaban J connectivity index is 1.87. The smallest absolute Gasteiger partial charge is 0.243 e. The lowest BCUT2D eigenvalue weighted by molar-refractivity contribution is -0.139. The van der Waals surface area contributed by atoms with Gasteiger partial charge in [-0.3, -0.25) is 9.59 Å². The predicted molar refractivity (Wildman–Crippen MR) is 152 cm³/mol. The van der Waals surface area contributed by atoms with Crippen LogP contribution in [0.2, 0.25) is 20.1 Å². The molecule has 190 valence electrons. The minimum absolute atomic E-state index is 0.146. The maximum atomic E-state index is 13.6. The van der Waals surface area contributed by atoms with E-state index in [9.17, 15) is 9.59 Å². The molecule has 0 fully saturated rings. The lowest BCUT2D eigenvalue weighted by Crippen LogP contribution is -2.51. The third-order valence-electron chi connectivity index (χ3n) is 5.49. The minimum atomic E-state index is -0.709. The van der Waals surface area contributed by atoms with E-state index in [2.05, 4.69) is 5.32 Å². The molecule has 0 heterocycles. The average molecular weight is 584 g/mol. The quantitative estimate of drug-likeness (QED) is 0.257. The van der Waals surface area contributed by atoms with Gasteiger partial charge in [0.25, 0.3) is 0 Å². The van der Waals surface area contributed by atoms with Crippen LogP contribution in [0.4, 0.5) is 0 Å². The van der Waals surface area contributed by atoms with E-state index in [1.54, 1.807) is 35.2 Å². The summed E-state index contributed by atoms with van der Waals surface area (Å²) in [7, 11) is 0. The predicted octanol–water partition coefficient (Wildman–Crippen LogP) is 7.31. The van der Waals surface area contributed by atoms with Crippen LogP contribution in [0.5, 0.6) is 0 Å². The van der Waals surface area contributed by atoms with Crippen molar-refractivity contribution in [3.63, 3.8) is 0 Å². The van der Waals surface area contributed by atoms with E-state index in [4.69, 9.17) is 46.4 Å². The summed E-state index contributed by atoms with van der Waals surface area (Å²) in [4.78, 5) is 28.4. The molecule has 0 spiro atoms. The molecular formula is C27H26Cl4N2O2S. The van der Waals surface area contributed by atoms with E-state index in [-0.39, 0.29) is 24.1 Å². The minimum Gasteiger partial charge on any atom is -0.355 e. The number of benzene rings is 3. The van der Waals surface area contributed by atoms with Crippen molar-refractivity contribution in [3.8, 4) is 0 Å². The van der Waals surface area contributed by atoms with E-state index in [0.717, 1.165) is 16.7 Å². The van der Waals surface area contributed by atoms with Gasteiger partial charge in [-0.05, 0) is 47.9 Å². The SMILES string of the molecule is CCNC(=O)[C@H](Cc1ccccc1)N(Cc1ccc(Cl)c(Cl)c1)C(=O)CSCc1c(Cl)cccc1Cl. The van der Waals surface area contributed by atoms with Gasteiger partial charge in [-0.15, -0.1) is 11.8 Å². The van der Waals surface area contributed by atoms with Gasteiger partial charge in [-0.1, -0.05) is 88.9 Å². The summed E-state index contributed by atoms with van der Waals surface area (Å²) in [5, 5.41) is 4.81. The summed E-state index contributed by atoms with van der Waals surface area (Å²) < 4.78 is 0. The zero-order valence-corrected chi connectivity index (χ0v) is 23.5. The summed E-state index contributed by atoms with van der Waals surface area (Å²) in [5.41, 5.74) is 2.51. The Morgan fingerprint density at radius 2 is 1.56 bits per heavy atom. The molecule has 3 rings (SSSR count). The van der Waals surface area contributed by atoms with Gasteiger partial charge in [0.2, 0.25) is 11.8 Å². The molecule has 0 radical (unpaired) electrons. The van der Waals surface area contributed by atoms with E-state index >= 15 is 0 Å². The number of nitrogens with one attached hydrogen (secondary N) is 1. The Bertz CT molecular complexity index is 1170. The Labute approximate surface area is 236 Å². The molecule has 3 aromatic rings. The van der Waals surface area contributed by atoms with Crippen molar-refractivity contribution < 1.29 is 9.59 Å². The van der Waals surface area contributed by atoms with Gasteiger partial charge < -0.3 is 10.2 Å². The molecule has 3 aromatic carbocycles. The molecule has 0 bridgehead atoms. The van der Waals surface area contributed by atoms with Gasteiger partial charge in [-0.25, -0.2) is 0 Å². The van der Waals surface area contributed by atoms with Crippen molar-refractivity contribution in [3.05, 3.63) is 104 Å². The first-order valence-electron chi connectivity index (χ1n) is 11.4. The second-order valence-corrected chi connectivity index (χ2v) is 10.7. The lowest BCUT2D eigenvalue weighted by Gasteiger charge is -2.31. The fraction of sp³-hybridized carbons (Fsp3) is 0.259. The molecule has 1 N–H and O–H groups in total. The summed E-state index contributed by atoms with van der Waals surface area (Å²) >= 11 is 26.3. The zero-order valence-electron chi connectivity index (χ0n) is 19.6. The van der Waals surface area contributed by atoms with Gasteiger partial charge in [0.05, 0.1) is 15.8 Å². The Hall–Kier alpha value is -1.89.